The lowest BCUT2D eigenvalue weighted by Crippen LogP contribution is -2.05. The fourth-order valence-corrected chi connectivity index (χ4v) is 3.33. The third kappa shape index (κ3) is 1.59. The van der Waals surface area contributed by atoms with Gasteiger partial charge >= 0.3 is 0 Å². The zero-order chi connectivity index (χ0) is 10.3. The third-order valence-corrected chi connectivity index (χ3v) is 4.18. The van der Waals surface area contributed by atoms with Gasteiger partial charge in [-0.2, -0.15) is 10.1 Å². The van der Waals surface area contributed by atoms with Crippen LogP contribution in [0, 0.1) is 0 Å². The molecule has 6 nitrogen and oxygen atoms in total. The molecule has 2 heterocycles. The summed E-state index contributed by atoms with van der Waals surface area (Å²) in [5, 5.41) is 4.07. The molecule has 7 heteroatoms. The molecule has 0 spiro atoms. The maximum absolute atomic E-state index is 11.2. The van der Waals surface area contributed by atoms with Crippen LogP contribution in [-0.2, 0) is 16.9 Å². The van der Waals surface area contributed by atoms with Gasteiger partial charge in [0, 0.05) is 13.0 Å². The standard InChI is InChI=1S/C7H12N4O2S/c1-11-7(8)9-6(10-11)5-2-3-14(12,13)4-5/h5H,2-4H2,1H3,(H2,8,9,10). The summed E-state index contributed by atoms with van der Waals surface area (Å²) in [5.74, 6) is 1.17. The van der Waals surface area contributed by atoms with Crippen LogP contribution in [0.15, 0.2) is 0 Å². The van der Waals surface area contributed by atoms with E-state index in [2.05, 4.69) is 10.1 Å². The van der Waals surface area contributed by atoms with Gasteiger partial charge in [-0.3, -0.25) is 0 Å². The number of sulfone groups is 1. The van der Waals surface area contributed by atoms with Crippen LogP contribution in [0.2, 0.25) is 0 Å². The fraction of sp³-hybridized carbons (Fsp3) is 0.714. The molecule has 0 amide bonds. The van der Waals surface area contributed by atoms with Crippen molar-refractivity contribution in [2.24, 2.45) is 7.05 Å². The summed E-state index contributed by atoms with van der Waals surface area (Å²) in [6.45, 7) is 0. The maximum Gasteiger partial charge on any atom is 0.218 e. The minimum absolute atomic E-state index is 0.0801. The molecule has 1 saturated heterocycles. The Balaban J connectivity index is 2.26. The number of rotatable bonds is 1. The van der Waals surface area contributed by atoms with E-state index in [9.17, 15) is 8.42 Å². The smallest absolute Gasteiger partial charge is 0.218 e. The molecule has 2 rings (SSSR count). The van der Waals surface area contributed by atoms with Gasteiger partial charge in [0.2, 0.25) is 5.95 Å². The van der Waals surface area contributed by atoms with E-state index in [4.69, 9.17) is 5.73 Å². The van der Waals surface area contributed by atoms with Gasteiger partial charge in [-0.1, -0.05) is 0 Å². The van der Waals surface area contributed by atoms with Gasteiger partial charge in [0.05, 0.1) is 11.5 Å². The highest BCUT2D eigenvalue weighted by molar-refractivity contribution is 7.91. The van der Waals surface area contributed by atoms with Crippen molar-refractivity contribution < 1.29 is 8.42 Å². The second-order valence-electron chi connectivity index (χ2n) is 3.55. The van der Waals surface area contributed by atoms with E-state index >= 15 is 0 Å². The molecule has 14 heavy (non-hydrogen) atoms. The van der Waals surface area contributed by atoms with Crippen molar-refractivity contribution in [2.45, 2.75) is 12.3 Å². The number of nitrogens with zero attached hydrogens (tertiary/aromatic N) is 3. The van der Waals surface area contributed by atoms with Gasteiger partial charge in [0.1, 0.15) is 0 Å². The summed E-state index contributed by atoms with van der Waals surface area (Å²) in [4.78, 5) is 4.02. The minimum Gasteiger partial charge on any atom is -0.368 e. The molecule has 1 fully saturated rings. The lowest BCUT2D eigenvalue weighted by atomic mass is 10.1. The van der Waals surface area contributed by atoms with E-state index < -0.39 is 9.84 Å². The summed E-state index contributed by atoms with van der Waals surface area (Å²) < 4.78 is 23.9. The first-order valence-electron chi connectivity index (χ1n) is 4.35. The molecule has 1 atom stereocenters. The molecule has 0 aromatic carbocycles. The van der Waals surface area contributed by atoms with Crippen molar-refractivity contribution in [1.82, 2.24) is 14.8 Å². The molecule has 1 aromatic heterocycles. The number of hydrogen-bond acceptors (Lipinski definition) is 5. The van der Waals surface area contributed by atoms with Gasteiger partial charge in [0.15, 0.2) is 15.7 Å². The monoisotopic (exact) mass is 216 g/mol. The van der Waals surface area contributed by atoms with Crippen LogP contribution in [0.1, 0.15) is 18.2 Å². The Morgan fingerprint density at radius 3 is 2.71 bits per heavy atom. The topological polar surface area (TPSA) is 90.9 Å². The Morgan fingerprint density at radius 1 is 1.57 bits per heavy atom. The van der Waals surface area contributed by atoms with Crippen LogP contribution in [0.25, 0.3) is 0 Å². The molecule has 2 N–H and O–H groups in total. The lowest BCUT2D eigenvalue weighted by molar-refractivity contribution is 0.601. The fourth-order valence-electron chi connectivity index (χ4n) is 1.59. The average Bonchev–Trinajstić information content (AvgIpc) is 2.57. The Morgan fingerprint density at radius 2 is 2.29 bits per heavy atom. The largest absolute Gasteiger partial charge is 0.368 e. The summed E-state index contributed by atoms with van der Waals surface area (Å²) in [5.41, 5.74) is 5.52. The van der Waals surface area contributed by atoms with E-state index in [1.807, 2.05) is 0 Å². The molecule has 0 saturated carbocycles. The second-order valence-corrected chi connectivity index (χ2v) is 5.78. The third-order valence-electron chi connectivity index (χ3n) is 2.41. The van der Waals surface area contributed by atoms with E-state index in [0.717, 1.165) is 0 Å². The SMILES string of the molecule is Cn1nc(C2CCS(=O)(=O)C2)nc1N. The Hall–Kier alpha value is -1.11. The van der Waals surface area contributed by atoms with Gasteiger partial charge in [-0.25, -0.2) is 13.1 Å². The summed E-state index contributed by atoms with van der Waals surface area (Å²) in [6, 6.07) is 0. The molecular weight excluding hydrogens is 204 g/mol. The maximum atomic E-state index is 11.2. The highest BCUT2D eigenvalue weighted by Crippen LogP contribution is 2.26. The molecule has 1 aliphatic rings. The highest BCUT2D eigenvalue weighted by Gasteiger charge is 2.31. The molecule has 1 unspecified atom stereocenters. The first kappa shape index (κ1) is 9.45. The molecule has 0 aliphatic carbocycles. The van der Waals surface area contributed by atoms with Gasteiger partial charge in [-0.15, -0.1) is 0 Å². The molecule has 1 aromatic rings. The number of hydrogen-bond donors (Lipinski definition) is 1. The average molecular weight is 216 g/mol. The van der Waals surface area contributed by atoms with Crippen molar-refractivity contribution in [2.75, 3.05) is 17.2 Å². The first-order chi connectivity index (χ1) is 6.48. The van der Waals surface area contributed by atoms with Crippen molar-refractivity contribution in [3.63, 3.8) is 0 Å². The van der Waals surface area contributed by atoms with Crippen LogP contribution in [0.3, 0.4) is 0 Å². The Bertz CT molecular complexity index is 431. The molecule has 1 aliphatic heterocycles. The molecule has 0 radical (unpaired) electrons. The van der Waals surface area contributed by atoms with Crippen LogP contribution in [0.5, 0.6) is 0 Å². The van der Waals surface area contributed by atoms with Gasteiger partial charge in [-0.05, 0) is 6.42 Å². The van der Waals surface area contributed by atoms with Crippen molar-refractivity contribution in [3.05, 3.63) is 5.82 Å². The summed E-state index contributed by atoms with van der Waals surface area (Å²) in [6.07, 6.45) is 0.603. The number of nitrogens with two attached hydrogens (primary N) is 1. The van der Waals surface area contributed by atoms with E-state index in [1.165, 1.54) is 4.68 Å². The summed E-state index contributed by atoms with van der Waals surface area (Å²) in [7, 11) is -1.19. The van der Waals surface area contributed by atoms with Crippen molar-refractivity contribution in [1.29, 1.82) is 0 Å². The lowest BCUT2D eigenvalue weighted by Gasteiger charge is -1.99. The van der Waals surface area contributed by atoms with Crippen LogP contribution >= 0.6 is 0 Å². The minimum atomic E-state index is -2.88. The second kappa shape index (κ2) is 2.94. The molecule has 0 bridgehead atoms. The molecular formula is C7H12N4O2S. The first-order valence-corrected chi connectivity index (χ1v) is 6.17. The van der Waals surface area contributed by atoms with Gasteiger partial charge in [0.25, 0.3) is 0 Å². The van der Waals surface area contributed by atoms with E-state index in [-0.39, 0.29) is 17.4 Å². The number of anilines is 1. The van der Waals surface area contributed by atoms with E-state index in [0.29, 0.717) is 18.2 Å². The Labute approximate surface area is 82.0 Å². The van der Waals surface area contributed by atoms with Crippen molar-refractivity contribution in [3.8, 4) is 0 Å². The van der Waals surface area contributed by atoms with Crippen LogP contribution in [-0.4, -0.2) is 34.7 Å². The predicted molar refractivity (Wildman–Crippen MR) is 51.4 cm³/mol. The number of nitrogen functional groups attached to an aromatic ring is 1. The Kier molecular flexibility index (Phi) is 1.99. The zero-order valence-corrected chi connectivity index (χ0v) is 8.66. The number of aromatic nitrogens is 3. The van der Waals surface area contributed by atoms with Crippen LogP contribution < -0.4 is 5.73 Å². The van der Waals surface area contributed by atoms with Crippen molar-refractivity contribution >= 4 is 15.8 Å². The number of aryl methyl sites for hydroxylation is 1. The highest BCUT2D eigenvalue weighted by atomic mass is 32.2. The quantitative estimate of drug-likeness (QED) is 0.670. The molecule has 78 valence electrons. The van der Waals surface area contributed by atoms with Crippen LogP contribution in [0.4, 0.5) is 5.95 Å². The van der Waals surface area contributed by atoms with Gasteiger partial charge < -0.3 is 5.73 Å². The van der Waals surface area contributed by atoms with E-state index in [1.54, 1.807) is 7.05 Å². The normalized spacial score (nSPS) is 25.4. The predicted octanol–water partition coefficient (Wildman–Crippen LogP) is -0.701. The summed E-state index contributed by atoms with van der Waals surface area (Å²) >= 11 is 0. The zero-order valence-electron chi connectivity index (χ0n) is 7.84.